The van der Waals surface area contributed by atoms with E-state index in [1.54, 1.807) is 11.8 Å². The van der Waals surface area contributed by atoms with Gasteiger partial charge in [0.1, 0.15) is 12.4 Å². The highest BCUT2D eigenvalue weighted by molar-refractivity contribution is 6.76. The standard InChI is InChI=1S/C27H39N5O2Si/c1-8-18-11-21-22(13-23(18)31(4)17(2)33)29-26(28-21)25-20-12-19-14-27(19,3)15-24(20)32(30-25)16-34-9-10-35(5,6)7/h11,13,19H,8-10,12,14-16H2,1-7H3,(H,28,29)/t19-,27-/m1/s1. The van der Waals surface area contributed by atoms with Crippen LogP contribution in [0.25, 0.3) is 22.6 Å². The number of fused-ring (bicyclic) bond motifs is 3. The summed E-state index contributed by atoms with van der Waals surface area (Å²) in [7, 11) is 0.694. The maximum Gasteiger partial charge on any atom is 0.223 e. The van der Waals surface area contributed by atoms with Crippen LogP contribution in [0.5, 0.6) is 0 Å². The molecule has 188 valence electrons. The van der Waals surface area contributed by atoms with Crippen LogP contribution in [0, 0.1) is 11.3 Å². The summed E-state index contributed by atoms with van der Waals surface area (Å²) < 4.78 is 8.21. The Morgan fingerprint density at radius 1 is 1.34 bits per heavy atom. The highest BCUT2D eigenvalue weighted by Gasteiger charge is 2.54. The summed E-state index contributed by atoms with van der Waals surface area (Å²) in [4.78, 5) is 22.2. The van der Waals surface area contributed by atoms with Crippen LogP contribution in [0.4, 0.5) is 5.69 Å². The van der Waals surface area contributed by atoms with Crippen molar-refractivity contribution in [3.05, 3.63) is 29.0 Å². The fraction of sp³-hybridized carbons (Fsp3) is 0.593. The van der Waals surface area contributed by atoms with Crippen LogP contribution >= 0.6 is 0 Å². The molecule has 1 saturated carbocycles. The monoisotopic (exact) mass is 493 g/mol. The Labute approximate surface area is 209 Å². The van der Waals surface area contributed by atoms with Crippen molar-refractivity contribution in [3.63, 3.8) is 0 Å². The lowest BCUT2D eigenvalue weighted by atomic mass is 9.87. The number of benzene rings is 1. The molecule has 0 radical (unpaired) electrons. The van der Waals surface area contributed by atoms with Crippen LogP contribution in [-0.2, 0) is 35.5 Å². The van der Waals surface area contributed by atoms with Gasteiger partial charge in [-0.3, -0.25) is 4.79 Å². The smallest absolute Gasteiger partial charge is 0.223 e. The third-order valence-corrected chi connectivity index (χ3v) is 9.76. The van der Waals surface area contributed by atoms with E-state index in [9.17, 15) is 4.79 Å². The number of carbonyl (C=O) groups is 1. The zero-order valence-electron chi connectivity index (χ0n) is 22.3. The van der Waals surface area contributed by atoms with Gasteiger partial charge >= 0.3 is 0 Å². The molecule has 1 N–H and O–H groups in total. The molecule has 2 aliphatic rings. The molecule has 0 unspecified atom stereocenters. The number of ether oxygens (including phenoxy) is 1. The topological polar surface area (TPSA) is 76.0 Å². The van der Waals surface area contributed by atoms with Crippen LogP contribution in [0.15, 0.2) is 12.1 Å². The van der Waals surface area contributed by atoms with E-state index >= 15 is 0 Å². The summed E-state index contributed by atoms with van der Waals surface area (Å²) in [6, 6.07) is 5.31. The first kappa shape index (κ1) is 24.3. The SMILES string of the molecule is CCc1cc2[nH]c(-c3nn(COCC[Si](C)(C)C)c4c3C[C@@H]3C[C@]3(C)C4)nc2cc1N(C)C(C)=O. The summed E-state index contributed by atoms with van der Waals surface area (Å²) >= 11 is 0. The van der Waals surface area contributed by atoms with Crippen molar-refractivity contribution in [1.82, 2.24) is 19.7 Å². The number of aromatic amines is 1. The van der Waals surface area contributed by atoms with Crippen LogP contribution in [-0.4, -0.2) is 47.4 Å². The molecular formula is C27H39N5O2Si. The van der Waals surface area contributed by atoms with Gasteiger partial charge in [-0.2, -0.15) is 5.10 Å². The Kier molecular flexibility index (Phi) is 5.95. The van der Waals surface area contributed by atoms with Gasteiger partial charge in [0.2, 0.25) is 5.91 Å². The van der Waals surface area contributed by atoms with Crippen molar-refractivity contribution in [1.29, 1.82) is 0 Å². The maximum absolute atomic E-state index is 12.0. The fourth-order valence-corrected chi connectivity index (χ4v) is 6.17. The normalized spacial score (nSPS) is 21.2. The number of hydrogen-bond acceptors (Lipinski definition) is 4. The molecule has 1 fully saturated rings. The lowest BCUT2D eigenvalue weighted by Gasteiger charge is -2.20. The lowest BCUT2D eigenvalue weighted by molar-refractivity contribution is -0.116. The minimum absolute atomic E-state index is 0.0178. The van der Waals surface area contributed by atoms with Gasteiger partial charge in [0.25, 0.3) is 0 Å². The third-order valence-electron chi connectivity index (χ3n) is 8.06. The largest absolute Gasteiger partial charge is 0.360 e. The summed E-state index contributed by atoms with van der Waals surface area (Å²) in [5.74, 6) is 1.57. The highest BCUT2D eigenvalue weighted by atomic mass is 28.3. The molecule has 0 spiro atoms. The molecule has 7 nitrogen and oxygen atoms in total. The van der Waals surface area contributed by atoms with Gasteiger partial charge in [-0.1, -0.05) is 33.5 Å². The van der Waals surface area contributed by atoms with Gasteiger partial charge < -0.3 is 14.6 Å². The molecular weight excluding hydrogens is 454 g/mol. The number of H-pyrrole nitrogens is 1. The second-order valence-corrected chi connectivity index (χ2v) is 17.7. The van der Waals surface area contributed by atoms with E-state index in [-0.39, 0.29) is 5.91 Å². The molecule has 35 heavy (non-hydrogen) atoms. The Bertz CT molecular complexity index is 1290. The highest BCUT2D eigenvalue weighted by Crippen LogP contribution is 2.60. The first-order valence-corrected chi connectivity index (χ1v) is 16.6. The van der Waals surface area contributed by atoms with Crippen molar-refractivity contribution in [2.75, 3.05) is 18.6 Å². The number of carbonyl (C=O) groups excluding carboxylic acids is 1. The second kappa shape index (κ2) is 8.59. The minimum atomic E-state index is -1.13. The number of rotatable bonds is 8. The van der Waals surface area contributed by atoms with Crippen molar-refractivity contribution in [2.24, 2.45) is 11.3 Å². The van der Waals surface area contributed by atoms with Crippen LogP contribution in [0.1, 0.15) is 44.0 Å². The number of aromatic nitrogens is 4. The zero-order valence-corrected chi connectivity index (χ0v) is 23.3. The van der Waals surface area contributed by atoms with Gasteiger partial charge in [-0.25, -0.2) is 9.67 Å². The number of aryl methyl sites for hydroxylation is 1. The maximum atomic E-state index is 12.0. The predicted octanol–water partition coefficient (Wildman–Crippen LogP) is 5.41. The first-order valence-electron chi connectivity index (χ1n) is 12.9. The van der Waals surface area contributed by atoms with E-state index in [0.717, 1.165) is 71.6 Å². The van der Waals surface area contributed by atoms with E-state index in [2.05, 4.69) is 49.2 Å². The molecule has 1 amide bonds. The summed E-state index contributed by atoms with van der Waals surface area (Å²) in [5.41, 5.74) is 7.91. The Hall–Kier alpha value is -2.45. The molecule has 0 bridgehead atoms. The average Bonchev–Trinajstić information content (AvgIpc) is 3.10. The third kappa shape index (κ3) is 4.58. The minimum Gasteiger partial charge on any atom is -0.360 e. The number of nitrogens with zero attached hydrogens (tertiary/aromatic N) is 4. The molecule has 2 atom stereocenters. The summed E-state index contributed by atoms with van der Waals surface area (Å²) in [6.07, 6.45) is 4.26. The molecule has 8 heteroatoms. The molecule has 5 rings (SSSR count). The molecule has 3 aromatic rings. The van der Waals surface area contributed by atoms with Gasteiger partial charge in [-0.15, -0.1) is 0 Å². The average molecular weight is 494 g/mol. The summed E-state index contributed by atoms with van der Waals surface area (Å²) in [6.45, 7) is 14.5. The Morgan fingerprint density at radius 3 is 2.80 bits per heavy atom. The number of nitrogens with one attached hydrogen (secondary N) is 1. The molecule has 0 saturated heterocycles. The van der Waals surface area contributed by atoms with E-state index in [1.165, 1.54) is 17.7 Å². The first-order chi connectivity index (χ1) is 16.5. The van der Waals surface area contributed by atoms with Crippen molar-refractivity contribution in [2.45, 2.75) is 78.9 Å². The van der Waals surface area contributed by atoms with E-state index in [4.69, 9.17) is 14.8 Å². The molecule has 2 heterocycles. The molecule has 0 aliphatic heterocycles. The fourth-order valence-electron chi connectivity index (χ4n) is 5.41. The Balaban J connectivity index is 1.50. The summed E-state index contributed by atoms with van der Waals surface area (Å²) in [5, 5.41) is 5.05. The van der Waals surface area contributed by atoms with Crippen LogP contribution in [0.2, 0.25) is 25.7 Å². The second-order valence-electron chi connectivity index (χ2n) is 12.1. The van der Waals surface area contributed by atoms with Crippen molar-refractivity contribution in [3.8, 4) is 11.5 Å². The van der Waals surface area contributed by atoms with Crippen LogP contribution in [0.3, 0.4) is 0 Å². The molecule has 2 aliphatic carbocycles. The van der Waals surface area contributed by atoms with Crippen molar-refractivity contribution < 1.29 is 9.53 Å². The number of amides is 1. The van der Waals surface area contributed by atoms with Gasteiger partial charge in [0.15, 0.2) is 5.82 Å². The van der Waals surface area contributed by atoms with Crippen LogP contribution < -0.4 is 4.90 Å². The van der Waals surface area contributed by atoms with Gasteiger partial charge in [0, 0.05) is 45.6 Å². The number of hydrogen-bond donors (Lipinski definition) is 1. The van der Waals surface area contributed by atoms with E-state index < -0.39 is 8.07 Å². The number of imidazole rings is 1. The number of anilines is 1. The van der Waals surface area contributed by atoms with Gasteiger partial charge in [-0.05, 0) is 60.8 Å². The Morgan fingerprint density at radius 2 is 2.11 bits per heavy atom. The van der Waals surface area contributed by atoms with Gasteiger partial charge in [0.05, 0.1) is 11.0 Å². The lowest BCUT2D eigenvalue weighted by Crippen LogP contribution is -2.24. The molecule has 2 aromatic heterocycles. The zero-order chi connectivity index (χ0) is 25.1. The predicted molar refractivity (Wildman–Crippen MR) is 144 cm³/mol. The quantitative estimate of drug-likeness (QED) is 0.336. The van der Waals surface area contributed by atoms with E-state index in [1.807, 2.05) is 13.1 Å². The molecule has 1 aromatic carbocycles. The van der Waals surface area contributed by atoms with Crippen molar-refractivity contribution >= 4 is 30.7 Å². The van der Waals surface area contributed by atoms with E-state index in [0.29, 0.717) is 12.1 Å².